The minimum absolute atomic E-state index is 0.200. The summed E-state index contributed by atoms with van der Waals surface area (Å²) >= 11 is 0. The highest BCUT2D eigenvalue weighted by Crippen LogP contribution is 2.31. The van der Waals surface area contributed by atoms with Crippen molar-refractivity contribution in [1.29, 1.82) is 0 Å². The normalized spacial score (nSPS) is 22.1. The van der Waals surface area contributed by atoms with Gasteiger partial charge < -0.3 is 65.1 Å². The second kappa shape index (κ2) is 69.7. The van der Waals surface area contributed by atoms with Crippen molar-refractivity contribution in [3.8, 4) is 0 Å². The fourth-order valence-electron chi connectivity index (χ4n) is 14.1. The maximum atomic E-state index is 13.4. The Balaban J connectivity index is 1.58. The van der Waals surface area contributed by atoms with E-state index < -0.39 is 86.8 Å². The Labute approximate surface area is 613 Å². The third kappa shape index (κ3) is 51.8. The van der Waals surface area contributed by atoms with E-state index in [0.717, 1.165) is 83.5 Å². The molecule has 12 atom stereocenters. The van der Waals surface area contributed by atoms with Crippen molar-refractivity contribution < 1.29 is 64.6 Å². The van der Waals surface area contributed by atoms with Gasteiger partial charge in [-0.2, -0.15) is 0 Å². The standard InChI is InChI=1S/C86H159NO13/c1-3-5-7-9-11-13-15-17-19-21-23-25-27-29-31-33-35-36-37-38-40-42-44-46-48-50-52-54-56-58-60-62-64-66-68-70-78(91)87-74(73-97-85-83(96)81(94)84(77(72-89)99-85)100-86-82(95)80(93)79(92)76(71-88)98-86)75(90)69-67-65-63-61-59-57-55-53-51-49-47-45-43-41-39-34-32-30-28-26-24-22-20-18-16-14-12-10-8-6-4-2/h5,7,11,13,17,19,23,25,29,31,74-77,79-86,88-90,92-96H,3-4,6,8-10,12,14-16,18,20-22,24,26-28,30,32-73H2,1-2H3,(H,87,91)/b7-5-,13-11-,19-17-,25-23-,31-29-. The topological polar surface area (TPSA) is 228 Å². The number of hydrogen-bond donors (Lipinski definition) is 9. The first-order valence-corrected chi connectivity index (χ1v) is 42.5. The van der Waals surface area contributed by atoms with Crippen LogP contribution in [0.15, 0.2) is 60.8 Å². The lowest BCUT2D eigenvalue weighted by Crippen LogP contribution is -2.65. The van der Waals surface area contributed by atoms with Gasteiger partial charge in [0.1, 0.15) is 48.8 Å². The van der Waals surface area contributed by atoms with Crippen LogP contribution in [0.3, 0.4) is 0 Å². The first-order chi connectivity index (χ1) is 49.1. The molecule has 0 aromatic rings. The molecule has 14 heteroatoms. The highest BCUT2D eigenvalue weighted by Gasteiger charge is 2.51. The van der Waals surface area contributed by atoms with Gasteiger partial charge in [0.2, 0.25) is 5.91 Å². The molecule has 2 heterocycles. The number of amides is 1. The smallest absolute Gasteiger partial charge is 0.220 e. The maximum absolute atomic E-state index is 13.4. The summed E-state index contributed by atoms with van der Waals surface area (Å²) in [5.74, 6) is -0.200. The maximum Gasteiger partial charge on any atom is 0.220 e. The minimum atomic E-state index is -1.78. The number of aliphatic hydroxyl groups is 8. The highest BCUT2D eigenvalue weighted by molar-refractivity contribution is 5.76. The van der Waals surface area contributed by atoms with Gasteiger partial charge >= 0.3 is 0 Å². The summed E-state index contributed by atoms with van der Waals surface area (Å²) in [7, 11) is 0. The van der Waals surface area contributed by atoms with E-state index in [4.69, 9.17) is 18.9 Å². The summed E-state index contributed by atoms with van der Waals surface area (Å²) in [6, 6.07) is -0.832. The molecular weight excluding hydrogens is 1250 g/mol. The monoisotopic (exact) mass is 1410 g/mol. The average molecular weight is 1420 g/mol. The van der Waals surface area contributed by atoms with E-state index in [9.17, 15) is 45.6 Å². The Hall–Kier alpha value is -2.31. The van der Waals surface area contributed by atoms with E-state index in [1.54, 1.807) is 0 Å². The Morgan fingerprint density at radius 3 is 1.06 bits per heavy atom. The summed E-state index contributed by atoms with van der Waals surface area (Å²) in [6.07, 6.45) is 78.5. The summed E-state index contributed by atoms with van der Waals surface area (Å²) in [4.78, 5) is 13.4. The molecule has 0 radical (unpaired) electrons. The lowest BCUT2D eigenvalue weighted by molar-refractivity contribution is -0.359. The molecule has 2 saturated heterocycles. The zero-order chi connectivity index (χ0) is 72.2. The number of ether oxygens (including phenoxy) is 4. The molecule has 14 nitrogen and oxygen atoms in total. The molecule has 12 unspecified atom stereocenters. The molecule has 9 N–H and O–H groups in total. The SMILES string of the molecule is CC/C=C\C/C=C\C/C=C\C/C=C\C/C=C\CCCCCCCCCCCCCCCCCCCCCC(=O)NC(COC1OC(CO)C(OC2OC(CO)C(O)C(O)C2O)C(O)C1O)C(O)CCCCCCCCCCCCCCCCCCCCCCCCCCCCCCCCC. The number of nitrogens with one attached hydrogen (secondary N) is 1. The van der Waals surface area contributed by atoms with E-state index in [1.165, 1.54) is 276 Å². The summed E-state index contributed by atoms with van der Waals surface area (Å²) in [5, 5.41) is 88.0. The first-order valence-electron chi connectivity index (χ1n) is 42.5. The molecule has 2 rings (SSSR count). The number of carbonyl (C=O) groups is 1. The molecule has 1 amide bonds. The number of carbonyl (C=O) groups excluding carboxylic acids is 1. The van der Waals surface area contributed by atoms with Crippen LogP contribution in [0, 0.1) is 0 Å². The molecular formula is C86H159NO13. The summed E-state index contributed by atoms with van der Waals surface area (Å²) in [6.45, 7) is 2.81. The van der Waals surface area contributed by atoms with E-state index in [1.807, 2.05) is 0 Å². The predicted octanol–water partition coefficient (Wildman–Crippen LogP) is 19.9. The second-order valence-electron chi connectivity index (χ2n) is 29.9. The Bertz CT molecular complexity index is 1910. The first kappa shape index (κ1) is 93.8. The zero-order valence-corrected chi connectivity index (χ0v) is 64.5. The van der Waals surface area contributed by atoms with Crippen LogP contribution >= 0.6 is 0 Å². The Morgan fingerprint density at radius 2 is 0.690 bits per heavy atom. The molecule has 2 fully saturated rings. The molecule has 0 aromatic carbocycles. The molecule has 100 heavy (non-hydrogen) atoms. The van der Waals surface area contributed by atoms with E-state index in [-0.39, 0.29) is 12.5 Å². The van der Waals surface area contributed by atoms with Crippen molar-refractivity contribution in [2.24, 2.45) is 0 Å². The van der Waals surface area contributed by atoms with Crippen molar-refractivity contribution in [3.05, 3.63) is 60.8 Å². The van der Waals surface area contributed by atoms with Crippen molar-refractivity contribution >= 4 is 5.91 Å². The van der Waals surface area contributed by atoms with Crippen LogP contribution in [0.4, 0.5) is 0 Å². The lowest BCUT2D eigenvalue weighted by Gasteiger charge is -2.46. The van der Waals surface area contributed by atoms with Crippen LogP contribution in [-0.2, 0) is 23.7 Å². The van der Waals surface area contributed by atoms with Crippen molar-refractivity contribution in [3.63, 3.8) is 0 Å². The van der Waals surface area contributed by atoms with Gasteiger partial charge in [-0.05, 0) is 57.8 Å². The number of rotatable bonds is 72. The van der Waals surface area contributed by atoms with Gasteiger partial charge in [0.05, 0.1) is 32.0 Å². The van der Waals surface area contributed by atoms with Gasteiger partial charge in [0.15, 0.2) is 12.6 Å². The van der Waals surface area contributed by atoms with Crippen LogP contribution in [0.1, 0.15) is 386 Å². The second-order valence-corrected chi connectivity index (χ2v) is 29.9. The van der Waals surface area contributed by atoms with Crippen LogP contribution in [0.2, 0.25) is 0 Å². The van der Waals surface area contributed by atoms with Gasteiger partial charge in [0, 0.05) is 6.42 Å². The quantitative estimate of drug-likeness (QED) is 0.0204. The average Bonchev–Trinajstić information content (AvgIpc) is 0.790. The molecule has 586 valence electrons. The zero-order valence-electron chi connectivity index (χ0n) is 64.5. The number of allylic oxidation sites excluding steroid dienone is 10. The number of hydrogen-bond acceptors (Lipinski definition) is 13. The third-order valence-corrected chi connectivity index (χ3v) is 20.7. The van der Waals surface area contributed by atoms with Crippen molar-refractivity contribution in [2.75, 3.05) is 19.8 Å². The highest BCUT2D eigenvalue weighted by atomic mass is 16.7. The van der Waals surface area contributed by atoms with Crippen molar-refractivity contribution in [1.82, 2.24) is 5.32 Å². The Kier molecular flexibility index (Phi) is 65.4. The molecule has 0 bridgehead atoms. The van der Waals surface area contributed by atoms with Gasteiger partial charge in [-0.25, -0.2) is 0 Å². The van der Waals surface area contributed by atoms with Crippen LogP contribution in [0.5, 0.6) is 0 Å². The van der Waals surface area contributed by atoms with Gasteiger partial charge in [-0.3, -0.25) is 4.79 Å². The Morgan fingerprint density at radius 1 is 0.370 bits per heavy atom. The third-order valence-electron chi connectivity index (χ3n) is 20.7. The molecule has 0 aromatic heterocycles. The van der Waals surface area contributed by atoms with E-state index >= 15 is 0 Å². The molecule has 0 spiro atoms. The van der Waals surface area contributed by atoms with Crippen LogP contribution < -0.4 is 5.32 Å². The lowest BCUT2D eigenvalue weighted by atomic mass is 9.97. The molecule has 0 saturated carbocycles. The van der Waals surface area contributed by atoms with Crippen molar-refractivity contribution in [2.45, 2.75) is 460 Å². The molecule has 2 aliphatic heterocycles. The van der Waals surface area contributed by atoms with Crippen LogP contribution in [0.25, 0.3) is 0 Å². The summed E-state index contributed by atoms with van der Waals surface area (Å²) < 4.78 is 23.0. The number of aliphatic hydroxyl groups excluding tert-OH is 8. The van der Waals surface area contributed by atoms with E-state index in [0.29, 0.717) is 12.8 Å². The molecule has 0 aliphatic carbocycles. The fourth-order valence-corrected chi connectivity index (χ4v) is 14.1. The van der Waals surface area contributed by atoms with Gasteiger partial charge in [-0.1, -0.05) is 383 Å². The van der Waals surface area contributed by atoms with Crippen LogP contribution in [-0.4, -0.2) is 140 Å². The fraction of sp³-hybridized carbons (Fsp3) is 0.872. The van der Waals surface area contributed by atoms with Gasteiger partial charge in [-0.15, -0.1) is 0 Å². The number of unbranched alkanes of at least 4 members (excludes halogenated alkanes) is 49. The predicted molar refractivity (Wildman–Crippen MR) is 415 cm³/mol. The largest absolute Gasteiger partial charge is 0.394 e. The molecule has 2 aliphatic rings. The minimum Gasteiger partial charge on any atom is -0.394 e. The van der Waals surface area contributed by atoms with Gasteiger partial charge in [0.25, 0.3) is 0 Å². The summed E-state index contributed by atoms with van der Waals surface area (Å²) in [5.41, 5.74) is 0. The van der Waals surface area contributed by atoms with E-state index in [2.05, 4.69) is 79.9 Å².